The van der Waals surface area contributed by atoms with Crippen LogP contribution in [0.3, 0.4) is 0 Å². The Morgan fingerprint density at radius 2 is 1.96 bits per heavy atom. The third-order valence-corrected chi connectivity index (χ3v) is 5.50. The van der Waals surface area contributed by atoms with Gasteiger partial charge >= 0.3 is 5.97 Å². The van der Waals surface area contributed by atoms with Crippen LogP contribution in [0.1, 0.15) is 37.7 Å². The number of ether oxygens (including phenoxy) is 1. The molecule has 1 atom stereocenters. The van der Waals surface area contributed by atoms with Gasteiger partial charge in [0, 0.05) is 13.1 Å². The van der Waals surface area contributed by atoms with Gasteiger partial charge in [0.1, 0.15) is 11.6 Å². The highest BCUT2D eigenvalue weighted by Crippen LogP contribution is 2.45. The number of methoxy groups -OCH3 is 1. The van der Waals surface area contributed by atoms with Crippen molar-refractivity contribution in [3.63, 3.8) is 0 Å². The zero-order valence-corrected chi connectivity index (χ0v) is 15.7. The van der Waals surface area contributed by atoms with E-state index in [9.17, 15) is 14.4 Å². The molecule has 6 heteroatoms. The zero-order chi connectivity index (χ0) is 19.4. The fourth-order valence-electron chi connectivity index (χ4n) is 3.86. The van der Waals surface area contributed by atoms with Gasteiger partial charge in [-0.05, 0) is 43.7 Å². The van der Waals surface area contributed by atoms with E-state index >= 15 is 0 Å². The molecule has 0 aromatic heterocycles. The van der Waals surface area contributed by atoms with Crippen molar-refractivity contribution in [3.05, 3.63) is 48.6 Å². The summed E-state index contributed by atoms with van der Waals surface area (Å²) in [6.07, 6.45) is 4.79. The van der Waals surface area contributed by atoms with Crippen LogP contribution < -0.4 is 0 Å². The van der Waals surface area contributed by atoms with E-state index in [0.29, 0.717) is 32.4 Å². The molecule has 0 N–H and O–H groups in total. The number of hydrogen-bond acceptors (Lipinski definition) is 4. The van der Waals surface area contributed by atoms with Crippen LogP contribution in [0.2, 0.25) is 0 Å². The molecule has 2 aliphatic rings. The standard InChI is InChI=1S/C21H26N2O4/c1-3-18(24)23(15-16-9-5-4-6-10-16)21(12-13-21)20(26)22-14-8-7-11-17(22)19(25)27-2/h3-6,9-10,17H,1,7-8,11-15H2,2H3/t17-/m0/s1. The largest absolute Gasteiger partial charge is 0.467 e. The average molecular weight is 370 g/mol. The number of likely N-dealkylation sites (tertiary alicyclic amines) is 1. The van der Waals surface area contributed by atoms with Crippen molar-refractivity contribution in [2.75, 3.05) is 13.7 Å². The number of hydrogen-bond donors (Lipinski definition) is 0. The van der Waals surface area contributed by atoms with Crippen molar-refractivity contribution < 1.29 is 19.1 Å². The van der Waals surface area contributed by atoms with Gasteiger partial charge in [-0.2, -0.15) is 0 Å². The molecule has 0 unspecified atom stereocenters. The van der Waals surface area contributed by atoms with Crippen molar-refractivity contribution in [2.45, 2.75) is 50.2 Å². The van der Waals surface area contributed by atoms with Crippen LogP contribution in [0, 0.1) is 0 Å². The number of carbonyl (C=O) groups is 3. The van der Waals surface area contributed by atoms with Crippen LogP contribution >= 0.6 is 0 Å². The Labute approximate surface area is 159 Å². The Hall–Kier alpha value is -2.63. The topological polar surface area (TPSA) is 66.9 Å². The summed E-state index contributed by atoms with van der Waals surface area (Å²) in [6, 6.07) is 9.03. The van der Waals surface area contributed by atoms with Gasteiger partial charge in [0.25, 0.3) is 0 Å². The Kier molecular flexibility index (Phi) is 5.63. The van der Waals surface area contributed by atoms with Gasteiger partial charge in [-0.3, -0.25) is 9.59 Å². The third kappa shape index (κ3) is 3.75. The number of amides is 2. The summed E-state index contributed by atoms with van der Waals surface area (Å²) in [5, 5.41) is 0. The van der Waals surface area contributed by atoms with Crippen LogP contribution in [0.15, 0.2) is 43.0 Å². The Morgan fingerprint density at radius 3 is 2.56 bits per heavy atom. The lowest BCUT2D eigenvalue weighted by Crippen LogP contribution is -2.57. The highest BCUT2D eigenvalue weighted by molar-refractivity contribution is 5.98. The highest BCUT2D eigenvalue weighted by Gasteiger charge is 2.58. The first-order valence-electron chi connectivity index (χ1n) is 9.40. The van der Waals surface area contributed by atoms with Gasteiger partial charge in [-0.15, -0.1) is 0 Å². The van der Waals surface area contributed by atoms with Crippen LogP contribution in [0.4, 0.5) is 0 Å². The minimum atomic E-state index is -0.884. The van der Waals surface area contributed by atoms with Crippen LogP contribution in [0.25, 0.3) is 0 Å². The SMILES string of the molecule is C=CC(=O)N(Cc1ccccc1)C1(C(=O)N2CCCC[C@H]2C(=O)OC)CC1. The lowest BCUT2D eigenvalue weighted by Gasteiger charge is -2.39. The number of nitrogens with zero attached hydrogens (tertiary/aromatic N) is 2. The minimum absolute atomic E-state index is 0.149. The first kappa shape index (κ1) is 19.1. The molecule has 1 saturated heterocycles. The normalized spacial score (nSPS) is 20.5. The predicted molar refractivity (Wildman–Crippen MR) is 101 cm³/mol. The lowest BCUT2D eigenvalue weighted by molar-refractivity contribution is -0.159. The number of benzene rings is 1. The Bertz CT molecular complexity index is 727. The summed E-state index contributed by atoms with van der Waals surface area (Å²) in [5.74, 6) is -0.802. The van der Waals surface area contributed by atoms with E-state index in [2.05, 4.69) is 6.58 Å². The van der Waals surface area contributed by atoms with E-state index < -0.39 is 11.6 Å². The second kappa shape index (κ2) is 7.94. The number of rotatable bonds is 6. The molecule has 1 heterocycles. The molecule has 1 saturated carbocycles. The molecule has 0 bridgehead atoms. The molecule has 1 aromatic rings. The number of esters is 1. The van der Waals surface area contributed by atoms with Gasteiger partial charge in [-0.1, -0.05) is 36.9 Å². The summed E-state index contributed by atoms with van der Waals surface area (Å²) in [7, 11) is 1.34. The molecule has 144 valence electrons. The fraction of sp³-hybridized carbons (Fsp3) is 0.476. The van der Waals surface area contributed by atoms with Crippen LogP contribution in [0.5, 0.6) is 0 Å². The van der Waals surface area contributed by atoms with Crippen molar-refractivity contribution in [3.8, 4) is 0 Å². The fourth-order valence-corrected chi connectivity index (χ4v) is 3.86. The van der Waals surface area contributed by atoms with Crippen molar-refractivity contribution in [2.24, 2.45) is 0 Å². The van der Waals surface area contributed by atoms with Gasteiger partial charge in [0.15, 0.2) is 0 Å². The highest BCUT2D eigenvalue weighted by atomic mass is 16.5. The van der Waals surface area contributed by atoms with E-state index in [1.165, 1.54) is 13.2 Å². The zero-order valence-electron chi connectivity index (χ0n) is 15.7. The predicted octanol–water partition coefficient (Wildman–Crippen LogP) is 2.29. The second-order valence-corrected chi connectivity index (χ2v) is 7.18. The monoisotopic (exact) mass is 370 g/mol. The average Bonchev–Trinajstić information content (AvgIpc) is 3.52. The summed E-state index contributed by atoms with van der Waals surface area (Å²) < 4.78 is 4.90. The van der Waals surface area contributed by atoms with Crippen molar-refractivity contribution in [1.29, 1.82) is 0 Å². The van der Waals surface area contributed by atoms with E-state index in [4.69, 9.17) is 4.74 Å². The first-order chi connectivity index (χ1) is 13.0. The number of carbonyl (C=O) groups excluding carboxylic acids is 3. The minimum Gasteiger partial charge on any atom is -0.467 e. The number of piperidine rings is 1. The third-order valence-electron chi connectivity index (χ3n) is 5.50. The summed E-state index contributed by atoms with van der Waals surface area (Å²) in [4.78, 5) is 41.5. The second-order valence-electron chi connectivity index (χ2n) is 7.18. The molecule has 1 aliphatic heterocycles. The summed E-state index contributed by atoms with van der Waals surface area (Å²) >= 11 is 0. The van der Waals surface area contributed by atoms with E-state index in [1.807, 2.05) is 30.3 Å². The van der Waals surface area contributed by atoms with Crippen LogP contribution in [-0.2, 0) is 25.7 Å². The van der Waals surface area contributed by atoms with Gasteiger partial charge in [-0.25, -0.2) is 4.79 Å². The lowest BCUT2D eigenvalue weighted by atomic mass is 9.99. The molecule has 0 radical (unpaired) electrons. The Balaban J connectivity index is 1.87. The van der Waals surface area contributed by atoms with Gasteiger partial charge in [0.2, 0.25) is 11.8 Å². The van der Waals surface area contributed by atoms with Crippen molar-refractivity contribution in [1.82, 2.24) is 9.80 Å². The molecule has 27 heavy (non-hydrogen) atoms. The maximum absolute atomic E-state index is 13.5. The maximum Gasteiger partial charge on any atom is 0.328 e. The van der Waals surface area contributed by atoms with Crippen LogP contribution in [-0.4, -0.2) is 52.8 Å². The molecular weight excluding hydrogens is 344 g/mol. The summed E-state index contributed by atoms with van der Waals surface area (Å²) in [5.41, 5.74) is 0.0694. The summed E-state index contributed by atoms with van der Waals surface area (Å²) in [6.45, 7) is 4.46. The molecule has 3 rings (SSSR count). The van der Waals surface area contributed by atoms with E-state index in [0.717, 1.165) is 18.4 Å². The van der Waals surface area contributed by atoms with Gasteiger partial charge < -0.3 is 14.5 Å². The maximum atomic E-state index is 13.5. The van der Waals surface area contributed by atoms with E-state index in [1.54, 1.807) is 9.80 Å². The molecule has 2 fully saturated rings. The van der Waals surface area contributed by atoms with E-state index in [-0.39, 0.29) is 17.8 Å². The molecule has 6 nitrogen and oxygen atoms in total. The quantitative estimate of drug-likeness (QED) is 0.569. The molecule has 1 aromatic carbocycles. The first-order valence-corrected chi connectivity index (χ1v) is 9.40. The molecule has 2 amide bonds. The van der Waals surface area contributed by atoms with Crippen molar-refractivity contribution >= 4 is 17.8 Å². The smallest absolute Gasteiger partial charge is 0.328 e. The molecule has 0 spiro atoms. The molecule has 1 aliphatic carbocycles. The molecular formula is C21H26N2O4. The Morgan fingerprint density at radius 1 is 1.26 bits per heavy atom. The van der Waals surface area contributed by atoms with Gasteiger partial charge in [0.05, 0.1) is 7.11 Å².